The molecule has 5 heteroatoms. The monoisotopic (exact) mass is 229 g/mol. The van der Waals surface area contributed by atoms with Crippen LogP contribution in [0.2, 0.25) is 0 Å². The van der Waals surface area contributed by atoms with E-state index in [-0.39, 0.29) is 11.5 Å². The van der Waals surface area contributed by atoms with Crippen molar-refractivity contribution in [1.29, 1.82) is 0 Å². The molecule has 0 saturated heterocycles. The van der Waals surface area contributed by atoms with Gasteiger partial charge in [0.05, 0.1) is 0 Å². The summed E-state index contributed by atoms with van der Waals surface area (Å²) in [4.78, 5) is 25.2. The van der Waals surface area contributed by atoms with Crippen molar-refractivity contribution in [3.05, 3.63) is 58.5 Å². The quantitative estimate of drug-likeness (QED) is 0.676. The van der Waals surface area contributed by atoms with Gasteiger partial charge in [-0.3, -0.25) is 9.59 Å². The number of carbonyl (C=O) groups is 1. The number of anilines is 2. The van der Waals surface area contributed by atoms with Crippen LogP contribution in [-0.4, -0.2) is 10.9 Å². The van der Waals surface area contributed by atoms with Gasteiger partial charge in [-0.2, -0.15) is 0 Å². The fourth-order valence-corrected chi connectivity index (χ4v) is 1.36. The Morgan fingerprint density at radius 3 is 2.53 bits per heavy atom. The molecule has 5 nitrogen and oxygen atoms in total. The number of benzene rings is 1. The normalized spacial score (nSPS) is 9.88. The number of rotatable bonds is 2. The number of aromatic nitrogens is 1. The fourth-order valence-electron chi connectivity index (χ4n) is 1.36. The number of nitrogens with one attached hydrogen (secondary N) is 2. The standard InChI is InChI=1S/C12H11N3O2/c13-9-1-3-10(4-2-9)15-12(17)8-5-6-14-11(16)7-8/h1-7H,13H2,(H,14,16)(H,15,17). The molecule has 86 valence electrons. The van der Waals surface area contributed by atoms with Gasteiger partial charge in [0.25, 0.3) is 5.91 Å². The maximum absolute atomic E-state index is 11.8. The van der Waals surface area contributed by atoms with E-state index < -0.39 is 0 Å². The van der Waals surface area contributed by atoms with Crippen LogP contribution in [-0.2, 0) is 0 Å². The molecule has 0 saturated carbocycles. The van der Waals surface area contributed by atoms with E-state index in [1.807, 2.05) is 0 Å². The number of pyridine rings is 1. The first kappa shape index (κ1) is 10.9. The van der Waals surface area contributed by atoms with Crippen LogP contribution in [0.1, 0.15) is 10.4 Å². The number of aromatic amines is 1. The fraction of sp³-hybridized carbons (Fsp3) is 0. The Bertz CT molecular complexity index is 587. The first-order valence-corrected chi connectivity index (χ1v) is 5.01. The molecule has 0 spiro atoms. The van der Waals surface area contributed by atoms with Crippen LogP contribution in [0, 0.1) is 0 Å². The predicted octanol–water partition coefficient (Wildman–Crippen LogP) is 1.21. The molecule has 2 aromatic rings. The molecule has 1 aromatic carbocycles. The first-order valence-electron chi connectivity index (χ1n) is 5.01. The zero-order valence-corrected chi connectivity index (χ0v) is 8.94. The zero-order chi connectivity index (χ0) is 12.3. The SMILES string of the molecule is Nc1ccc(NC(=O)c2cc[nH]c(=O)c2)cc1. The molecule has 0 fully saturated rings. The second-order valence-corrected chi connectivity index (χ2v) is 3.52. The van der Waals surface area contributed by atoms with Crippen LogP contribution in [0.4, 0.5) is 11.4 Å². The summed E-state index contributed by atoms with van der Waals surface area (Å²) >= 11 is 0. The van der Waals surface area contributed by atoms with Crippen molar-refractivity contribution in [2.24, 2.45) is 0 Å². The lowest BCUT2D eigenvalue weighted by Gasteiger charge is -2.04. The number of nitrogens with two attached hydrogens (primary N) is 1. The van der Waals surface area contributed by atoms with Crippen molar-refractivity contribution in [2.45, 2.75) is 0 Å². The zero-order valence-electron chi connectivity index (χ0n) is 8.94. The molecule has 0 atom stereocenters. The van der Waals surface area contributed by atoms with Crippen molar-refractivity contribution in [3.8, 4) is 0 Å². The third-order valence-corrected chi connectivity index (χ3v) is 2.21. The number of hydrogen-bond donors (Lipinski definition) is 3. The van der Waals surface area contributed by atoms with Crippen molar-refractivity contribution in [1.82, 2.24) is 4.98 Å². The van der Waals surface area contributed by atoms with Gasteiger partial charge in [0.1, 0.15) is 0 Å². The molecule has 1 heterocycles. The highest BCUT2D eigenvalue weighted by atomic mass is 16.2. The minimum atomic E-state index is -0.333. The lowest BCUT2D eigenvalue weighted by atomic mass is 10.2. The molecular weight excluding hydrogens is 218 g/mol. The van der Waals surface area contributed by atoms with E-state index in [0.29, 0.717) is 16.9 Å². The van der Waals surface area contributed by atoms with Gasteiger partial charge in [-0.25, -0.2) is 0 Å². The van der Waals surface area contributed by atoms with Crippen LogP contribution in [0.3, 0.4) is 0 Å². The summed E-state index contributed by atoms with van der Waals surface area (Å²) in [6, 6.07) is 9.54. The summed E-state index contributed by atoms with van der Waals surface area (Å²) in [5.74, 6) is -0.333. The number of carbonyl (C=O) groups excluding carboxylic acids is 1. The van der Waals surface area contributed by atoms with Crippen molar-refractivity contribution in [3.63, 3.8) is 0 Å². The Morgan fingerprint density at radius 1 is 1.18 bits per heavy atom. The van der Waals surface area contributed by atoms with E-state index in [2.05, 4.69) is 10.3 Å². The van der Waals surface area contributed by atoms with Crippen LogP contribution in [0.5, 0.6) is 0 Å². The van der Waals surface area contributed by atoms with Crippen molar-refractivity contribution >= 4 is 17.3 Å². The van der Waals surface area contributed by atoms with E-state index in [0.717, 1.165) is 0 Å². The highest BCUT2D eigenvalue weighted by Crippen LogP contribution is 2.11. The second-order valence-electron chi connectivity index (χ2n) is 3.52. The van der Waals surface area contributed by atoms with Crippen LogP contribution in [0.15, 0.2) is 47.4 Å². The molecule has 0 bridgehead atoms. The maximum Gasteiger partial charge on any atom is 0.255 e. The molecular formula is C12H11N3O2. The van der Waals surface area contributed by atoms with Crippen molar-refractivity contribution in [2.75, 3.05) is 11.1 Å². The van der Waals surface area contributed by atoms with Crippen molar-refractivity contribution < 1.29 is 4.79 Å². The van der Waals surface area contributed by atoms with Gasteiger partial charge in [0, 0.05) is 29.2 Å². The van der Waals surface area contributed by atoms with E-state index in [1.165, 1.54) is 18.3 Å². The summed E-state index contributed by atoms with van der Waals surface area (Å²) in [5, 5.41) is 2.67. The first-order chi connectivity index (χ1) is 8.15. The average molecular weight is 229 g/mol. The van der Waals surface area contributed by atoms with Gasteiger partial charge in [-0.15, -0.1) is 0 Å². The van der Waals surface area contributed by atoms with Gasteiger partial charge in [0.2, 0.25) is 5.56 Å². The van der Waals surface area contributed by atoms with E-state index >= 15 is 0 Å². The Morgan fingerprint density at radius 2 is 1.88 bits per heavy atom. The average Bonchev–Trinajstić information content (AvgIpc) is 2.32. The van der Waals surface area contributed by atoms with E-state index in [4.69, 9.17) is 5.73 Å². The summed E-state index contributed by atoms with van der Waals surface area (Å²) in [6.07, 6.45) is 1.43. The number of hydrogen-bond acceptors (Lipinski definition) is 3. The minimum absolute atomic E-state index is 0.310. The molecule has 0 unspecified atom stereocenters. The van der Waals surface area contributed by atoms with Gasteiger partial charge < -0.3 is 16.0 Å². The summed E-state index contributed by atoms with van der Waals surface area (Å²) < 4.78 is 0. The lowest BCUT2D eigenvalue weighted by Crippen LogP contribution is -2.15. The molecule has 4 N–H and O–H groups in total. The third kappa shape index (κ3) is 2.72. The molecule has 1 amide bonds. The summed E-state index contributed by atoms with van der Waals surface area (Å²) in [7, 11) is 0. The van der Waals surface area contributed by atoms with Gasteiger partial charge >= 0.3 is 0 Å². The Labute approximate surface area is 97.3 Å². The third-order valence-electron chi connectivity index (χ3n) is 2.21. The smallest absolute Gasteiger partial charge is 0.255 e. The topological polar surface area (TPSA) is 88.0 Å². The molecule has 17 heavy (non-hydrogen) atoms. The molecule has 0 aliphatic rings. The van der Waals surface area contributed by atoms with Gasteiger partial charge in [-0.1, -0.05) is 0 Å². The molecule has 0 aliphatic carbocycles. The highest BCUT2D eigenvalue weighted by Gasteiger charge is 2.05. The van der Waals surface area contributed by atoms with Gasteiger partial charge in [0.15, 0.2) is 0 Å². The summed E-state index contributed by atoms with van der Waals surface area (Å²) in [5.41, 5.74) is 6.78. The molecule has 1 aromatic heterocycles. The van der Waals surface area contributed by atoms with E-state index in [9.17, 15) is 9.59 Å². The maximum atomic E-state index is 11.8. The predicted molar refractivity (Wildman–Crippen MR) is 65.9 cm³/mol. The molecule has 0 radical (unpaired) electrons. The van der Waals surface area contributed by atoms with Crippen LogP contribution in [0.25, 0.3) is 0 Å². The number of H-pyrrole nitrogens is 1. The summed E-state index contributed by atoms with van der Waals surface area (Å²) in [6.45, 7) is 0. The highest BCUT2D eigenvalue weighted by molar-refractivity contribution is 6.04. The number of nitrogen functional groups attached to an aromatic ring is 1. The lowest BCUT2D eigenvalue weighted by molar-refractivity contribution is 0.102. The minimum Gasteiger partial charge on any atom is -0.399 e. The van der Waals surface area contributed by atoms with Gasteiger partial charge in [-0.05, 0) is 30.3 Å². The number of amides is 1. The Kier molecular flexibility index (Phi) is 2.91. The Hall–Kier alpha value is -2.56. The molecule has 0 aliphatic heterocycles. The second kappa shape index (κ2) is 4.52. The largest absolute Gasteiger partial charge is 0.399 e. The van der Waals surface area contributed by atoms with E-state index in [1.54, 1.807) is 24.3 Å². The Balaban J connectivity index is 2.17. The van der Waals surface area contributed by atoms with Crippen LogP contribution >= 0.6 is 0 Å². The molecule has 2 rings (SSSR count). The van der Waals surface area contributed by atoms with Crippen LogP contribution < -0.4 is 16.6 Å².